The Balaban J connectivity index is 2.27. The van der Waals surface area contributed by atoms with Crippen LogP contribution < -0.4 is 5.32 Å². The molecule has 2 rings (SSSR count). The number of carbonyl (C=O) groups is 3. The van der Waals surface area contributed by atoms with Crippen molar-refractivity contribution in [3.63, 3.8) is 0 Å². The van der Waals surface area contributed by atoms with Gasteiger partial charge in [0.05, 0.1) is 20.3 Å². The molecule has 0 atom stereocenters. The molecule has 29 heavy (non-hydrogen) atoms. The van der Waals surface area contributed by atoms with E-state index in [9.17, 15) is 14.4 Å². The fourth-order valence-corrected chi connectivity index (χ4v) is 3.24. The number of nitrogens with zero attached hydrogens (tertiary/aromatic N) is 2. The number of anilines is 1. The van der Waals surface area contributed by atoms with Crippen LogP contribution in [0.4, 0.5) is 5.82 Å². The number of ether oxygens (including phenoxy) is 2. The summed E-state index contributed by atoms with van der Waals surface area (Å²) in [5.74, 6) is -1.11. The molecule has 2 aromatic rings. The number of methoxy groups -OCH3 is 1. The predicted octanol–water partition coefficient (Wildman–Crippen LogP) is 3.11. The first-order chi connectivity index (χ1) is 14.0. The largest absolute Gasteiger partial charge is 0.469 e. The van der Waals surface area contributed by atoms with Crippen molar-refractivity contribution in [1.82, 2.24) is 9.55 Å². The Morgan fingerprint density at radius 1 is 1.17 bits per heavy atom. The molecule has 1 aromatic carbocycles. The van der Waals surface area contributed by atoms with Crippen LogP contribution in [0.25, 0.3) is 0 Å². The molecule has 1 aromatic heterocycles. The lowest BCUT2D eigenvalue weighted by atomic mass is 10.2. The SMILES string of the molecule is CCOC(=O)c1c(NC(=O)CCCC(=O)OC)nc(SC)n1Cc1ccccc1. The van der Waals surface area contributed by atoms with Gasteiger partial charge in [0.2, 0.25) is 5.91 Å². The average molecular weight is 420 g/mol. The predicted molar refractivity (Wildman–Crippen MR) is 110 cm³/mol. The highest BCUT2D eigenvalue weighted by molar-refractivity contribution is 7.98. The molecule has 8 nitrogen and oxygen atoms in total. The maximum absolute atomic E-state index is 12.6. The third-order valence-corrected chi connectivity index (χ3v) is 4.71. The summed E-state index contributed by atoms with van der Waals surface area (Å²) in [7, 11) is 1.30. The summed E-state index contributed by atoms with van der Waals surface area (Å²) in [5, 5.41) is 3.27. The van der Waals surface area contributed by atoms with Gasteiger partial charge in [-0.05, 0) is 25.2 Å². The highest BCUT2D eigenvalue weighted by Gasteiger charge is 2.25. The van der Waals surface area contributed by atoms with Crippen LogP contribution >= 0.6 is 11.8 Å². The van der Waals surface area contributed by atoms with E-state index in [1.54, 1.807) is 11.5 Å². The lowest BCUT2D eigenvalue weighted by Gasteiger charge is -2.11. The summed E-state index contributed by atoms with van der Waals surface area (Å²) in [5.41, 5.74) is 1.18. The summed E-state index contributed by atoms with van der Waals surface area (Å²) in [6.07, 6.45) is 2.44. The quantitative estimate of drug-likeness (QED) is 0.466. The highest BCUT2D eigenvalue weighted by atomic mass is 32.2. The molecular formula is C20H25N3O5S. The molecule has 9 heteroatoms. The lowest BCUT2D eigenvalue weighted by molar-refractivity contribution is -0.140. The van der Waals surface area contributed by atoms with Crippen LogP contribution in [0.3, 0.4) is 0 Å². The Labute approximate surface area is 174 Å². The van der Waals surface area contributed by atoms with Crippen molar-refractivity contribution in [2.45, 2.75) is 37.9 Å². The van der Waals surface area contributed by atoms with Gasteiger partial charge in [0.25, 0.3) is 0 Å². The first-order valence-electron chi connectivity index (χ1n) is 9.22. The van der Waals surface area contributed by atoms with Crippen LogP contribution in [0.2, 0.25) is 0 Å². The van der Waals surface area contributed by atoms with Gasteiger partial charge in [-0.15, -0.1) is 0 Å². The van der Waals surface area contributed by atoms with Crippen LogP contribution in [-0.4, -0.2) is 47.4 Å². The van der Waals surface area contributed by atoms with E-state index in [0.29, 0.717) is 18.1 Å². The third kappa shape index (κ3) is 6.35. The van der Waals surface area contributed by atoms with Gasteiger partial charge in [-0.1, -0.05) is 42.1 Å². The normalized spacial score (nSPS) is 10.4. The first kappa shape index (κ1) is 22.5. The molecule has 156 valence electrons. The van der Waals surface area contributed by atoms with Gasteiger partial charge in [-0.3, -0.25) is 9.59 Å². The van der Waals surface area contributed by atoms with Crippen LogP contribution in [-0.2, 0) is 25.6 Å². The molecule has 0 aliphatic rings. The summed E-state index contributed by atoms with van der Waals surface area (Å²) < 4.78 is 11.5. The molecule has 1 N–H and O–H groups in total. The van der Waals surface area contributed by atoms with Gasteiger partial charge in [0, 0.05) is 12.8 Å². The van der Waals surface area contributed by atoms with Gasteiger partial charge in [-0.2, -0.15) is 0 Å². The number of esters is 2. The Kier molecular flexibility index (Phi) is 8.72. The Morgan fingerprint density at radius 3 is 2.52 bits per heavy atom. The zero-order chi connectivity index (χ0) is 21.2. The molecule has 0 saturated carbocycles. The van der Waals surface area contributed by atoms with Crippen molar-refractivity contribution >= 4 is 35.4 Å². The van der Waals surface area contributed by atoms with E-state index in [1.165, 1.54) is 18.9 Å². The van der Waals surface area contributed by atoms with Crippen LogP contribution in [0.15, 0.2) is 35.5 Å². The highest BCUT2D eigenvalue weighted by Crippen LogP contribution is 2.26. The third-order valence-electron chi connectivity index (χ3n) is 4.04. The second-order valence-electron chi connectivity index (χ2n) is 6.07. The summed E-state index contributed by atoms with van der Waals surface area (Å²) in [6.45, 7) is 2.34. The van der Waals surface area contributed by atoms with Crippen molar-refractivity contribution in [3.8, 4) is 0 Å². The molecule has 0 fully saturated rings. The molecule has 0 aliphatic carbocycles. The fraction of sp³-hybridized carbons (Fsp3) is 0.400. The molecule has 0 spiro atoms. The Bertz CT molecular complexity index is 851. The molecule has 0 radical (unpaired) electrons. The van der Waals surface area contributed by atoms with E-state index in [4.69, 9.17) is 4.74 Å². The number of thioether (sulfide) groups is 1. The number of hydrogen-bond donors (Lipinski definition) is 1. The number of carbonyl (C=O) groups excluding carboxylic acids is 3. The number of imidazole rings is 1. The van der Waals surface area contributed by atoms with Gasteiger partial charge in [0.1, 0.15) is 0 Å². The van der Waals surface area contributed by atoms with E-state index in [2.05, 4.69) is 15.0 Å². The van der Waals surface area contributed by atoms with Crippen LogP contribution in [0.1, 0.15) is 42.2 Å². The monoisotopic (exact) mass is 419 g/mol. The topological polar surface area (TPSA) is 99.5 Å². The van der Waals surface area contributed by atoms with Crippen LogP contribution in [0.5, 0.6) is 0 Å². The van der Waals surface area contributed by atoms with Gasteiger partial charge >= 0.3 is 11.9 Å². The van der Waals surface area contributed by atoms with Gasteiger partial charge in [0.15, 0.2) is 16.7 Å². The van der Waals surface area contributed by atoms with E-state index in [-0.39, 0.29) is 42.8 Å². The van der Waals surface area contributed by atoms with E-state index < -0.39 is 5.97 Å². The molecule has 0 aliphatic heterocycles. The van der Waals surface area contributed by atoms with Crippen molar-refractivity contribution in [3.05, 3.63) is 41.6 Å². The van der Waals surface area contributed by atoms with E-state index in [1.807, 2.05) is 36.6 Å². The number of amides is 1. The number of hydrogen-bond acceptors (Lipinski definition) is 7. The number of aromatic nitrogens is 2. The van der Waals surface area contributed by atoms with Gasteiger partial charge < -0.3 is 19.4 Å². The van der Waals surface area contributed by atoms with Gasteiger partial charge in [-0.25, -0.2) is 9.78 Å². The maximum atomic E-state index is 12.6. The van der Waals surface area contributed by atoms with E-state index in [0.717, 1.165) is 5.56 Å². The van der Waals surface area contributed by atoms with Crippen molar-refractivity contribution in [2.24, 2.45) is 0 Å². The lowest BCUT2D eigenvalue weighted by Crippen LogP contribution is -2.18. The molecule has 0 unspecified atom stereocenters. The first-order valence-corrected chi connectivity index (χ1v) is 10.4. The minimum absolute atomic E-state index is 0.109. The summed E-state index contributed by atoms with van der Waals surface area (Å²) >= 11 is 1.37. The molecular weight excluding hydrogens is 394 g/mol. The second-order valence-corrected chi connectivity index (χ2v) is 6.84. The summed E-state index contributed by atoms with van der Waals surface area (Å²) in [4.78, 5) is 40.6. The molecule has 1 amide bonds. The van der Waals surface area contributed by atoms with Crippen molar-refractivity contribution in [1.29, 1.82) is 0 Å². The smallest absolute Gasteiger partial charge is 0.358 e. The number of rotatable bonds is 10. The van der Waals surface area contributed by atoms with Crippen molar-refractivity contribution < 1.29 is 23.9 Å². The molecule has 1 heterocycles. The zero-order valence-electron chi connectivity index (χ0n) is 16.8. The second kappa shape index (κ2) is 11.3. The number of nitrogens with one attached hydrogen (secondary N) is 1. The minimum Gasteiger partial charge on any atom is -0.469 e. The Hall–Kier alpha value is -2.81. The van der Waals surface area contributed by atoms with Crippen molar-refractivity contribution in [2.75, 3.05) is 25.3 Å². The molecule has 0 bridgehead atoms. The zero-order valence-corrected chi connectivity index (χ0v) is 17.6. The number of benzene rings is 1. The fourth-order valence-electron chi connectivity index (χ4n) is 2.68. The minimum atomic E-state index is -0.555. The summed E-state index contributed by atoms with van der Waals surface area (Å²) in [6, 6.07) is 9.64. The standard InChI is InChI=1S/C20H25N3O5S/c1-4-28-19(26)17-18(21-15(24)11-8-12-16(25)27-2)22-20(29-3)23(17)13-14-9-6-5-7-10-14/h5-7,9-10H,4,8,11-13H2,1-3H3,(H,21,24). The molecule has 0 saturated heterocycles. The average Bonchev–Trinajstić information content (AvgIpc) is 3.05. The maximum Gasteiger partial charge on any atom is 0.358 e. The Morgan fingerprint density at radius 2 is 1.90 bits per heavy atom. The van der Waals surface area contributed by atoms with Crippen LogP contribution in [0, 0.1) is 0 Å². The van der Waals surface area contributed by atoms with E-state index >= 15 is 0 Å².